The van der Waals surface area contributed by atoms with Crippen LogP contribution < -0.4 is 4.90 Å². The Morgan fingerprint density at radius 3 is 2.53 bits per heavy atom. The van der Waals surface area contributed by atoms with Crippen LogP contribution in [-0.4, -0.2) is 47.8 Å². The Morgan fingerprint density at radius 2 is 1.78 bits per heavy atom. The Morgan fingerprint density at radius 1 is 1.03 bits per heavy atom. The first kappa shape index (κ1) is 22.7. The predicted molar refractivity (Wildman–Crippen MR) is 128 cm³/mol. The Balaban J connectivity index is 1.38. The van der Waals surface area contributed by atoms with Gasteiger partial charge in [-0.1, -0.05) is 24.3 Å². The normalized spacial score (nSPS) is 17.0. The number of amides is 1. The van der Waals surface area contributed by atoms with E-state index in [1.165, 1.54) is 24.1 Å². The van der Waals surface area contributed by atoms with Crippen molar-refractivity contribution in [1.29, 1.82) is 0 Å². The topological polar surface area (TPSA) is 53.5 Å². The van der Waals surface area contributed by atoms with E-state index in [0.29, 0.717) is 13.1 Å². The van der Waals surface area contributed by atoms with Crippen molar-refractivity contribution in [2.75, 3.05) is 31.1 Å². The number of para-hydroxylation sites is 1. The van der Waals surface area contributed by atoms with Crippen LogP contribution in [0.2, 0.25) is 0 Å². The summed E-state index contributed by atoms with van der Waals surface area (Å²) in [5.74, 6) is 0.439. The van der Waals surface area contributed by atoms with E-state index in [1.807, 2.05) is 35.2 Å². The number of fused-ring (bicyclic) bond motifs is 1. The zero-order valence-corrected chi connectivity index (χ0v) is 19.3. The van der Waals surface area contributed by atoms with Crippen molar-refractivity contribution >= 4 is 17.4 Å². The number of pyridine rings is 1. The van der Waals surface area contributed by atoms with Gasteiger partial charge in [0.15, 0.2) is 0 Å². The number of rotatable bonds is 8. The van der Waals surface area contributed by atoms with E-state index in [1.54, 1.807) is 6.92 Å². The Hall–Kier alpha value is -2.53. The number of hydrogen-bond acceptors (Lipinski definition) is 4. The first-order valence-corrected chi connectivity index (χ1v) is 12.2. The summed E-state index contributed by atoms with van der Waals surface area (Å²) in [6, 6.07) is 14.5. The molecule has 0 radical (unpaired) electrons. The average molecular weight is 434 g/mol. The molecular weight excluding hydrogens is 398 g/mol. The van der Waals surface area contributed by atoms with Crippen LogP contribution in [0, 0.1) is 5.92 Å². The van der Waals surface area contributed by atoms with Crippen LogP contribution >= 0.6 is 0 Å². The van der Waals surface area contributed by atoms with Gasteiger partial charge in [-0.25, -0.2) is 0 Å². The van der Waals surface area contributed by atoms with E-state index >= 15 is 0 Å². The highest BCUT2D eigenvalue weighted by Gasteiger charge is 2.29. The van der Waals surface area contributed by atoms with Gasteiger partial charge in [-0.15, -0.1) is 0 Å². The maximum Gasteiger partial charge on any atom is 0.230 e. The fraction of sp³-hybridized carbons (Fsp3) is 0.519. The first-order valence-electron chi connectivity index (χ1n) is 12.2. The second kappa shape index (κ2) is 10.9. The smallest absolute Gasteiger partial charge is 0.230 e. The molecule has 4 rings (SSSR count). The van der Waals surface area contributed by atoms with Gasteiger partial charge in [0.2, 0.25) is 5.91 Å². The molecule has 1 saturated heterocycles. The predicted octanol–water partition coefficient (Wildman–Crippen LogP) is 4.23. The van der Waals surface area contributed by atoms with Gasteiger partial charge in [0, 0.05) is 29.5 Å². The standard InChI is InChI=1S/C27H35N3O2/c1-21(31)20-29-18-15-23(16-19-29)27(32)30(25-10-3-2-4-11-25)17-7-9-24-14-13-22-8-5-6-12-26(22)28-24/h2-4,10-11,13-14,23H,5-9,12,15-20H2,1H3. The summed E-state index contributed by atoms with van der Waals surface area (Å²) in [6.45, 7) is 4.47. The van der Waals surface area contributed by atoms with Crippen LogP contribution in [0.5, 0.6) is 0 Å². The van der Waals surface area contributed by atoms with E-state index < -0.39 is 0 Å². The number of hydrogen-bond donors (Lipinski definition) is 0. The molecule has 1 aromatic heterocycles. The molecule has 170 valence electrons. The molecule has 5 heteroatoms. The number of nitrogens with zero attached hydrogens (tertiary/aromatic N) is 3. The molecule has 1 amide bonds. The first-order chi connectivity index (χ1) is 15.6. The number of likely N-dealkylation sites (tertiary alicyclic amines) is 1. The number of anilines is 1. The van der Waals surface area contributed by atoms with Crippen LogP contribution in [-0.2, 0) is 28.9 Å². The molecule has 2 aliphatic rings. The summed E-state index contributed by atoms with van der Waals surface area (Å²) >= 11 is 0. The van der Waals surface area contributed by atoms with Gasteiger partial charge in [0.1, 0.15) is 5.78 Å². The van der Waals surface area contributed by atoms with E-state index in [9.17, 15) is 9.59 Å². The van der Waals surface area contributed by atoms with Gasteiger partial charge in [-0.05, 0) is 95.1 Å². The van der Waals surface area contributed by atoms with Gasteiger partial charge in [-0.2, -0.15) is 0 Å². The van der Waals surface area contributed by atoms with Crippen LogP contribution in [0.4, 0.5) is 5.69 Å². The van der Waals surface area contributed by atoms with Gasteiger partial charge in [0.25, 0.3) is 0 Å². The van der Waals surface area contributed by atoms with Gasteiger partial charge < -0.3 is 4.90 Å². The van der Waals surface area contributed by atoms with Crippen molar-refractivity contribution in [3.8, 4) is 0 Å². The molecule has 0 atom stereocenters. The lowest BCUT2D eigenvalue weighted by atomic mass is 9.94. The molecule has 1 aromatic carbocycles. The number of piperidine rings is 1. The zero-order valence-electron chi connectivity index (χ0n) is 19.3. The fourth-order valence-corrected chi connectivity index (χ4v) is 5.03. The van der Waals surface area contributed by atoms with E-state index in [-0.39, 0.29) is 17.6 Å². The molecule has 0 N–H and O–H groups in total. The number of carbonyl (C=O) groups is 2. The summed E-state index contributed by atoms with van der Waals surface area (Å²) in [4.78, 5) is 34.0. The van der Waals surface area contributed by atoms with Gasteiger partial charge in [0.05, 0.1) is 6.54 Å². The zero-order chi connectivity index (χ0) is 22.3. The van der Waals surface area contributed by atoms with Crippen molar-refractivity contribution < 1.29 is 9.59 Å². The molecule has 5 nitrogen and oxygen atoms in total. The summed E-state index contributed by atoms with van der Waals surface area (Å²) in [5.41, 5.74) is 4.81. The number of aromatic nitrogens is 1. The van der Waals surface area contributed by atoms with Crippen LogP contribution in [0.15, 0.2) is 42.5 Å². The monoisotopic (exact) mass is 433 g/mol. The van der Waals surface area contributed by atoms with Crippen LogP contribution in [0.1, 0.15) is 56.0 Å². The highest BCUT2D eigenvalue weighted by molar-refractivity contribution is 5.95. The number of benzene rings is 1. The minimum Gasteiger partial charge on any atom is -0.312 e. The average Bonchev–Trinajstić information content (AvgIpc) is 2.82. The molecule has 0 saturated carbocycles. The molecule has 0 bridgehead atoms. The molecule has 0 unspecified atom stereocenters. The molecular formula is C27H35N3O2. The minimum absolute atomic E-state index is 0.0280. The molecule has 1 aliphatic carbocycles. The quantitative estimate of drug-likeness (QED) is 0.625. The van der Waals surface area contributed by atoms with E-state index in [0.717, 1.165) is 63.0 Å². The molecule has 2 aromatic rings. The number of Topliss-reactive ketones (excluding diaryl/α,β-unsaturated/α-hetero) is 1. The van der Waals surface area contributed by atoms with Crippen molar-refractivity contribution in [1.82, 2.24) is 9.88 Å². The summed E-state index contributed by atoms with van der Waals surface area (Å²) < 4.78 is 0. The van der Waals surface area contributed by atoms with Gasteiger partial charge >= 0.3 is 0 Å². The highest BCUT2D eigenvalue weighted by atomic mass is 16.2. The van der Waals surface area contributed by atoms with Crippen molar-refractivity contribution in [2.24, 2.45) is 5.92 Å². The Labute approximate surface area is 191 Å². The lowest BCUT2D eigenvalue weighted by molar-refractivity contribution is -0.124. The lowest BCUT2D eigenvalue weighted by Gasteiger charge is -2.34. The summed E-state index contributed by atoms with van der Waals surface area (Å²) in [6.07, 6.45) is 8.20. The lowest BCUT2D eigenvalue weighted by Crippen LogP contribution is -2.44. The summed E-state index contributed by atoms with van der Waals surface area (Å²) in [7, 11) is 0. The minimum atomic E-state index is 0.0280. The summed E-state index contributed by atoms with van der Waals surface area (Å²) in [5, 5.41) is 0. The molecule has 1 fully saturated rings. The SMILES string of the molecule is CC(=O)CN1CCC(C(=O)N(CCCc2ccc3c(n2)CCCC3)c2ccccc2)CC1. The molecule has 2 heterocycles. The largest absolute Gasteiger partial charge is 0.312 e. The third kappa shape index (κ3) is 5.83. The van der Waals surface area contributed by atoms with Crippen LogP contribution in [0.25, 0.3) is 0 Å². The van der Waals surface area contributed by atoms with E-state index in [2.05, 4.69) is 17.0 Å². The van der Waals surface area contributed by atoms with Crippen molar-refractivity contribution in [2.45, 2.75) is 58.3 Å². The Kier molecular flexibility index (Phi) is 7.69. The maximum atomic E-state index is 13.5. The molecule has 0 spiro atoms. The second-order valence-electron chi connectivity index (χ2n) is 9.30. The molecule has 1 aliphatic heterocycles. The number of carbonyl (C=O) groups excluding carboxylic acids is 2. The molecule has 32 heavy (non-hydrogen) atoms. The maximum absolute atomic E-state index is 13.5. The Bertz CT molecular complexity index is 920. The van der Waals surface area contributed by atoms with Crippen molar-refractivity contribution in [3.63, 3.8) is 0 Å². The van der Waals surface area contributed by atoms with Crippen molar-refractivity contribution in [3.05, 3.63) is 59.4 Å². The highest BCUT2D eigenvalue weighted by Crippen LogP contribution is 2.24. The van der Waals surface area contributed by atoms with Gasteiger partial charge in [-0.3, -0.25) is 19.5 Å². The third-order valence-electron chi connectivity index (χ3n) is 6.77. The number of ketones is 1. The van der Waals surface area contributed by atoms with Crippen LogP contribution in [0.3, 0.4) is 0 Å². The number of aryl methyl sites for hydroxylation is 3. The second-order valence-corrected chi connectivity index (χ2v) is 9.30. The fourth-order valence-electron chi connectivity index (χ4n) is 5.03. The third-order valence-corrected chi connectivity index (χ3v) is 6.77. The van der Waals surface area contributed by atoms with E-state index in [4.69, 9.17) is 4.98 Å².